The summed E-state index contributed by atoms with van der Waals surface area (Å²) in [4.78, 5) is 13.1. The van der Waals surface area contributed by atoms with Crippen molar-refractivity contribution in [3.63, 3.8) is 0 Å². The lowest BCUT2D eigenvalue weighted by Gasteiger charge is -2.08. The van der Waals surface area contributed by atoms with Gasteiger partial charge in [0.25, 0.3) is 0 Å². The molecule has 4 heterocycles. The van der Waals surface area contributed by atoms with Crippen molar-refractivity contribution >= 4 is 33.8 Å². The number of benzene rings is 1. The highest BCUT2D eigenvalue weighted by molar-refractivity contribution is 7.99. The summed E-state index contributed by atoms with van der Waals surface area (Å²) in [6.45, 7) is 0. The average molecular weight is 386 g/mol. The van der Waals surface area contributed by atoms with Crippen LogP contribution in [0.5, 0.6) is 0 Å². The number of rotatable bonds is 4. The minimum absolute atomic E-state index is 0.417. The molecule has 1 aliphatic rings. The summed E-state index contributed by atoms with van der Waals surface area (Å²) in [5.41, 5.74) is 3.27. The first-order chi connectivity index (χ1) is 13.9. The molecular formula is C20H14N6OS. The van der Waals surface area contributed by atoms with Crippen molar-refractivity contribution in [2.45, 2.75) is 29.1 Å². The zero-order chi connectivity index (χ0) is 18.5. The molecule has 0 bridgehead atoms. The molecule has 1 aliphatic carbocycles. The minimum Gasteiger partial charge on any atom is -0.451 e. The standard InChI is InChI=1S/C20H14N6OS/c1-2-6-15-14(5-1)16-17(27-15)19(23-11-22-16)28-20-25-24-18(26(20)13-7-8-13)12-4-3-9-21-10-12/h1-6,9-11,13H,7-8H2. The number of fused-ring (bicyclic) bond motifs is 3. The quantitative estimate of drug-likeness (QED) is 0.420. The number of aromatic nitrogens is 6. The molecule has 0 amide bonds. The number of nitrogens with zero attached hydrogens (tertiary/aromatic N) is 6. The summed E-state index contributed by atoms with van der Waals surface area (Å²) in [5, 5.41) is 11.4. The average Bonchev–Trinajstić information content (AvgIpc) is 3.38. The molecule has 5 aromatic rings. The Balaban J connectivity index is 1.48. The van der Waals surface area contributed by atoms with Gasteiger partial charge in [-0.15, -0.1) is 10.2 Å². The van der Waals surface area contributed by atoms with E-state index < -0.39 is 0 Å². The first-order valence-electron chi connectivity index (χ1n) is 9.04. The lowest BCUT2D eigenvalue weighted by molar-refractivity contribution is 0.649. The van der Waals surface area contributed by atoms with E-state index in [0.29, 0.717) is 11.6 Å². The van der Waals surface area contributed by atoms with Gasteiger partial charge in [-0.2, -0.15) is 0 Å². The van der Waals surface area contributed by atoms with Crippen molar-refractivity contribution in [3.8, 4) is 11.4 Å². The van der Waals surface area contributed by atoms with E-state index >= 15 is 0 Å². The second-order valence-corrected chi connectivity index (χ2v) is 7.66. The zero-order valence-electron chi connectivity index (χ0n) is 14.7. The van der Waals surface area contributed by atoms with Crippen molar-refractivity contribution in [2.24, 2.45) is 0 Å². The molecule has 0 unspecified atom stereocenters. The normalized spacial score (nSPS) is 14.1. The molecule has 0 aliphatic heterocycles. The number of pyridine rings is 1. The number of hydrogen-bond acceptors (Lipinski definition) is 7. The van der Waals surface area contributed by atoms with Gasteiger partial charge < -0.3 is 4.42 Å². The molecule has 8 heteroatoms. The van der Waals surface area contributed by atoms with Gasteiger partial charge in [0, 0.05) is 29.4 Å². The first-order valence-corrected chi connectivity index (χ1v) is 9.85. The summed E-state index contributed by atoms with van der Waals surface area (Å²) < 4.78 is 8.24. The maximum atomic E-state index is 6.05. The van der Waals surface area contributed by atoms with Crippen molar-refractivity contribution in [1.29, 1.82) is 0 Å². The molecule has 136 valence electrons. The molecule has 0 saturated heterocycles. The van der Waals surface area contributed by atoms with Crippen LogP contribution in [-0.2, 0) is 0 Å². The van der Waals surface area contributed by atoms with Crippen LogP contribution in [0.1, 0.15) is 18.9 Å². The van der Waals surface area contributed by atoms with E-state index in [0.717, 1.165) is 50.9 Å². The van der Waals surface area contributed by atoms with Gasteiger partial charge in [0.2, 0.25) is 0 Å². The smallest absolute Gasteiger partial charge is 0.198 e. The summed E-state index contributed by atoms with van der Waals surface area (Å²) in [5.74, 6) is 0.841. The lowest BCUT2D eigenvalue weighted by Crippen LogP contribution is -2.00. The van der Waals surface area contributed by atoms with Crippen LogP contribution in [0.2, 0.25) is 0 Å². The summed E-state index contributed by atoms with van der Waals surface area (Å²) in [6.07, 6.45) is 7.41. The Labute approximate surface area is 163 Å². The van der Waals surface area contributed by atoms with Crippen LogP contribution in [-0.4, -0.2) is 29.7 Å². The Hall–Kier alpha value is -3.26. The Bertz CT molecular complexity index is 1310. The van der Waals surface area contributed by atoms with E-state index in [-0.39, 0.29) is 0 Å². The number of furan rings is 1. The van der Waals surface area contributed by atoms with Crippen LogP contribution in [0.25, 0.3) is 33.5 Å². The van der Waals surface area contributed by atoms with Gasteiger partial charge in [-0.25, -0.2) is 9.97 Å². The Morgan fingerprint density at radius 2 is 1.96 bits per heavy atom. The molecule has 1 fully saturated rings. The van der Waals surface area contributed by atoms with Crippen LogP contribution in [0.3, 0.4) is 0 Å². The monoisotopic (exact) mass is 386 g/mol. The maximum Gasteiger partial charge on any atom is 0.198 e. The van der Waals surface area contributed by atoms with Gasteiger partial charge in [0.15, 0.2) is 21.6 Å². The highest BCUT2D eigenvalue weighted by atomic mass is 32.2. The largest absolute Gasteiger partial charge is 0.451 e. The van der Waals surface area contributed by atoms with Gasteiger partial charge in [-0.1, -0.05) is 12.1 Å². The second kappa shape index (κ2) is 6.13. The van der Waals surface area contributed by atoms with E-state index in [1.807, 2.05) is 42.6 Å². The van der Waals surface area contributed by atoms with E-state index in [1.165, 1.54) is 11.8 Å². The molecule has 0 spiro atoms. The van der Waals surface area contributed by atoms with Crippen molar-refractivity contribution < 1.29 is 4.42 Å². The maximum absolute atomic E-state index is 6.05. The third kappa shape index (κ3) is 2.49. The molecular weight excluding hydrogens is 372 g/mol. The molecule has 6 rings (SSSR count). The van der Waals surface area contributed by atoms with Gasteiger partial charge in [0.05, 0.1) is 0 Å². The zero-order valence-corrected chi connectivity index (χ0v) is 15.5. The number of para-hydroxylation sites is 1. The van der Waals surface area contributed by atoms with Crippen molar-refractivity contribution in [3.05, 3.63) is 55.1 Å². The third-order valence-electron chi connectivity index (χ3n) is 4.81. The van der Waals surface area contributed by atoms with Crippen molar-refractivity contribution in [1.82, 2.24) is 29.7 Å². The number of hydrogen-bond donors (Lipinski definition) is 0. The summed E-state index contributed by atoms with van der Waals surface area (Å²) in [6, 6.07) is 12.2. The van der Waals surface area contributed by atoms with Crippen molar-refractivity contribution in [2.75, 3.05) is 0 Å². The lowest BCUT2D eigenvalue weighted by atomic mass is 10.2. The predicted octanol–water partition coefficient (Wildman–Crippen LogP) is 4.52. The Morgan fingerprint density at radius 3 is 2.82 bits per heavy atom. The van der Waals surface area contributed by atoms with Gasteiger partial charge in [0.1, 0.15) is 17.4 Å². The minimum atomic E-state index is 0.417. The van der Waals surface area contributed by atoms with Gasteiger partial charge in [-0.05, 0) is 48.9 Å². The van der Waals surface area contributed by atoms with Crippen LogP contribution in [0.4, 0.5) is 0 Å². The van der Waals surface area contributed by atoms with Crippen LogP contribution in [0.15, 0.2) is 69.7 Å². The SMILES string of the molecule is c1cncc(-c2nnc(Sc3ncnc4c3oc3ccccc34)n2C2CC2)c1. The molecule has 1 aromatic carbocycles. The molecule has 28 heavy (non-hydrogen) atoms. The fourth-order valence-corrected chi connectivity index (χ4v) is 4.28. The molecule has 0 radical (unpaired) electrons. The third-order valence-corrected chi connectivity index (χ3v) is 5.75. The van der Waals surface area contributed by atoms with Gasteiger partial charge >= 0.3 is 0 Å². The van der Waals surface area contributed by atoms with Crippen LogP contribution < -0.4 is 0 Å². The van der Waals surface area contributed by atoms with Crippen LogP contribution in [0, 0.1) is 0 Å². The van der Waals surface area contributed by atoms with E-state index in [2.05, 4.69) is 29.7 Å². The Kier molecular flexibility index (Phi) is 3.45. The van der Waals surface area contributed by atoms with E-state index in [9.17, 15) is 0 Å². The molecule has 0 atom stereocenters. The van der Waals surface area contributed by atoms with E-state index in [1.54, 1.807) is 12.5 Å². The topological polar surface area (TPSA) is 82.5 Å². The Morgan fingerprint density at radius 1 is 1.04 bits per heavy atom. The fourth-order valence-electron chi connectivity index (χ4n) is 3.36. The molecule has 1 saturated carbocycles. The molecule has 0 N–H and O–H groups in total. The van der Waals surface area contributed by atoms with Gasteiger partial charge in [-0.3, -0.25) is 9.55 Å². The highest BCUT2D eigenvalue weighted by Crippen LogP contribution is 2.43. The fraction of sp³-hybridized carbons (Fsp3) is 0.150. The predicted molar refractivity (Wildman–Crippen MR) is 105 cm³/mol. The second-order valence-electron chi connectivity index (χ2n) is 6.71. The molecule has 7 nitrogen and oxygen atoms in total. The summed E-state index contributed by atoms with van der Waals surface area (Å²) in [7, 11) is 0. The van der Waals surface area contributed by atoms with Crippen LogP contribution >= 0.6 is 11.8 Å². The molecule has 4 aromatic heterocycles. The summed E-state index contributed by atoms with van der Waals surface area (Å²) >= 11 is 1.47. The highest BCUT2D eigenvalue weighted by Gasteiger charge is 2.31. The van der Waals surface area contributed by atoms with E-state index in [4.69, 9.17) is 4.42 Å². The first kappa shape index (κ1) is 15.8.